The number of ether oxygens (including phenoxy) is 2. The fourth-order valence-corrected chi connectivity index (χ4v) is 0.943. The van der Waals surface area contributed by atoms with E-state index in [4.69, 9.17) is 15.0 Å². The first kappa shape index (κ1) is 11.5. The summed E-state index contributed by atoms with van der Waals surface area (Å²) in [6.45, 7) is 6.96. The third-order valence-electron chi connectivity index (χ3n) is 1.56. The standard InChI is InChI=1S/C8H18N2O2/c1-4-7(10-9)8(11-5-2)12-6-3/h7-9H,4-6H2,1-3H3. The molecule has 0 aromatic heterocycles. The first-order valence-electron chi connectivity index (χ1n) is 4.39. The van der Waals surface area contributed by atoms with E-state index < -0.39 is 0 Å². The Balaban J connectivity index is 3.94. The fourth-order valence-electron chi connectivity index (χ4n) is 0.943. The molecule has 0 aliphatic carbocycles. The lowest BCUT2D eigenvalue weighted by atomic mass is 10.2. The van der Waals surface area contributed by atoms with E-state index in [2.05, 4.69) is 5.11 Å². The van der Waals surface area contributed by atoms with Crippen molar-refractivity contribution in [3.05, 3.63) is 0 Å². The third-order valence-corrected chi connectivity index (χ3v) is 1.56. The number of hydrogen-bond donors (Lipinski definition) is 1. The molecule has 0 aromatic rings. The van der Waals surface area contributed by atoms with Crippen LogP contribution in [-0.2, 0) is 9.47 Å². The maximum Gasteiger partial charge on any atom is 0.181 e. The van der Waals surface area contributed by atoms with Crippen LogP contribution < -0.4 is 0 Å². The molecule has 4 nitrogen and oxygen atoms in total. The molecule has 0 saturated carbocycles. The highest BCUT2D eigenvalue weighted by molar-refractivity contribution is 4.65. The van der Waals surface area contributed by atoms with Gasteiger partial charge in [0, 0.05) is 13.2 Å². The average molecular weight is 174 g/mol. The van der Waals surface area contributed by atoms with E-state index in [0.29, 0.717) is 13.2 Å². The summed E-state index contributed by atoms with van der Waals surface area (Å²) in [5.41, 5.74) is 6.91. The van der Waals surface area contributed by atoms with Crippen LogP contribution in [0.2, 0.25) is 0 Å². The van der Waals surface area contributed by atoms with Gasteiger partial charge in [0.05, 0.1) is 0 Å². The van der Waals surface area contributed by atoms with Gasteiger partial charge < -0.3 is 9.47 Å². The number of hydrogen-bond acceptors (Lipinski definition) is 4. The molecule has 0 amide bonds. The van der Waals surface area contributed by atoms with Gasteiger partial charge in [-0.15, -0.1) is 0 Å². The van der Waals surface area contributed by atoms with Gasteiger partial charge in [-0.25, -0.2) is 5.53 Å². The van der Waals surface area contributed by atoms with Crippen molar-refractivity contribution in [3.63, 3.8) is 0 Å². The number of nitrogens with one attached hydrogen (secondary N) is 1. The second-order valence-corrected chi connectivity index (χ2v) is 2.38. The highest BCUT2D eigenvalue weighted by atomic mass is 16.7. The zero-order chi connectivity index (χ0) is 9.40. The van der Waals surface area contributed by atoms with Crippen LogP contribution in [0, 0.1) is 5.53 Å². The van der Waals surface area contributed by atoms with Crippen LogP contribution in [0.25, 0.3) is 0 Å². The monoisotopic (exact) mass is 174 g/mol. The van der Waals surface area contributed by atoms with Crippen LogP contribution in [-0.4, -0.2) is 25.5 Å². The van der Waals surface area contributed by atoms with Crippen LogP contribution in [0.1, 0.15) is 27.2 Å². The first-order valence-corrected chi connectivity index (χ1v) is 4.39. The average Bonchev–Trinajstić information content (AvgIpc) is 2.07. The first-order chi connectivity index (χ1) is 5.79. The molecule has 0 aliphatic heterocycles. The second kappa shape index (κ2) is 7.18. The molecule has 0 rings (SSSR count). The molecule has 0 saturated heterocycles. The smallest absolute Gasteiger partial charge is 0.181 e. The molecule has 0 aliphatic rings. The lowest BCUT2D eigenvalue weighted by molar-refractivity contribution is -0.149. The van der Waals surface area contributed by atoms with Crippen LogP contribution in [0.5, 0.6) is 0 Å². The van der Waals surface area contributed by atoms with Crippen molar-refractivity contribution in [3.8, 4) is 0 Å². The minimum Gasteiger partial charge on any atom is -0.351 e. The van der Waals surface area contributed by atoms with E-state index in [1.807, 2.05) is 20.8 Å². The Bertz CT molecular complexity index is 114. The van der Waals surface area contributed by atoms with Gasteiger partial charge in [0.2, 0.25) is 0 Å². The highest BCUT2D eigenvalue weighted by Gasteiger charge is 2.19. The Morgan fingerprint density at radius 1 is 1.17 bits per heavy atom. The van der Waals surface area contributed by atoms with E-state index in [9.17, 15) is 0 Å². The molecule has 0 bridgehead atoms. The van der Waals surface area contributed by atoms with Crippen molar-refractivity contribution in [1.82, 2.24) is 0 Å². The summed E-state index contributed by atoms with van der Waals surface area (Å²) in [6, 6.07) is -0.162. The highest BCUT2D eigenvalue weighted by Crippen LogP contribution is 2.09. The zero-order valence-electron chi connectivity index (χ0n) is 8.04. The van der Waals surface area contributed by atoms with E-state index in [-0.39, 0.29) is 12.3 Å². The van der Waals surface area contributed by atoms with Gasteiger partial charge in [-0.05, 0) is 20.3 Å². The van der Waals surface area contributed by atoms with Crippen LogP contribution >= 0.6 is 0 Å². The Labute approximate surface area is 73.8 Å². The van der Waals surface area contributed by atoms with Gasteiger partial charge in [-0.3, -0.25) is 0 Å². The maximum atomic E-state index is 6.91. The van der Waals surface area contributed by atoms with Gasteiger partial charge in [0.25, 0.3) is 0 Å². The van der Waals surface area contributed by atoms with Crippen molar-refractivity contribution >= 4 is 0 Å². The van der Waals surface area contributed by atoms with E-state index in [0.717, 1.165) is 6.42 Å². The van der Waals surface area contributed by atoms with Crippen molar-refractivity contribution in [2.45, 2.75) is 39.5 Å². The molecule has 12 heavy (non-hydrogen) atoms. The Hall–Kier alpha value is -0.480. The Morgan fingerprint density at radius 2 is 1.67 bits per heavy atom. The third kappa shape index (κ3) is 3.78. The minimum atomic E-state index is -0.345. The lowest BCUT2D eigenvalue weighted by Gasteiger charge is -2.21. The second-order valence-electron chi connectivity index (χ2n) is 2.38. The maximum absolute atomic E-state index is 6.91. The molecule has 72 valence electrons. The molecule has 1 unspecified atom stereocenters. The molecule has 0 spiro atoms. The van der Waals surface area contributed by atoms with Crippen LogP contribution in [0.4, 0.5) is 0 Å². The molecule has 1 N–H and O–H groups in total. The normalized spacial score (nSPS) is 13.3. The number of rotatable bonds is 7. The van der Waals surface area contributed by atoms with Gasteiger partial charge in [-0.2, -0.15) is 5.11 Å². The summed E-state index contributed by atoms with van der Waals surface area (Å²) < 4.78 is 10.6. The topological polar surface area (TPSA) is 54.7 Å². The molecular weight excluding hydrogens is 156 g/mol. The summed E-state index contributed by atoms with van der Waals surface area (Å²) in [5.74, 6) is 0. The molecule has 4 heteroatoms. The molecule has 0 heterocycles. The zero-order valence-corrected chi connectivity index (χ0v) is 8.04. The molecule has 0 fully saturated rings. The van der Waals surface area contributed by atoms with Gasteiger partial charge in [0.15, 0.2) is 6.29 Å². The van der Waals surface area contributed by atoms with Gasteiger partial charge >= 0.3 is 0 Å². The summed E-state index contributed by atoms with van der Waals surface area (Å²) >= 11 is 0. The number of nitrogens with zero attached hydrogens (tertiary/aromatic N) is 1. The predicted molar refractivity (Wildman–Crippen MR) is 46.3 cm³/mol. The summed E-state index contributed by atoms with van der Waals surface area (Å²) in [7, 11) is 0. The molecule has 0 radical (unpaired) electrons. The predicted octanol–water partition coefficient (Wildman–Crippen LogP) is 2.20. The minimum absolute atomic E-state index is 0.162. The largest absolute Gasteiger partial charge is 0.351 e. The Morgan fingerprint density at radius 3 is 1.92 bits per heavy atom. The van der Waals surface area contributed by atoms with Gasteiger partial charge in [-0.1, -0.05) is 6.92 Å². The van der Waals surface area contributed by atoms with Crippen LogP contribution in [0.3, 0.4) is 0 Å². The van der Waals surface area contributed by atoms with Crippen molar-refractivity contribution < 1.29 is 9.47 Å². The molecule has 1 atom stereocenters. The van der Waals surface area contributed by atoms with E-state index in [1.54, 1.807) is 0 Å². The lowest BCUT2D eigenvalue weighted by Crippen LogP contribution is -2.29. The molecule has 0 aromatic carbocycles. The van der Waals surface area contributed by atoms with E-state index in [1.165, 1.54) is 0 Å². The summed E-state index contributed by atoms with van der Waals surface area (Å²) in [4.78, 5) is 0. The van der Waals surface area contributed by atoms with Crippen molar-refractivity contribution in [2.75, 3.05) is 13.2 Å². The van der Waals surface area contributed by atoms with Crippen molar-refractivity contribution in [2.24, 2.45) is 5.11 Å². The Kier molecular flexibility index (Phi) is 6.90. The van der Waals surface area contributed by atoms with Crippen molar-refractivity contribution in [1.29, 1.82) is 5.53 Å². The SMILES string of the molecule is CCOC(OCC)C(CC)N=N. The van der Waals surface area contributed by atoms with Crippen LogP contribution in [0.15, 0.2) is 5.11 Å². The van der Waals surface area contributed by atoms with Gasteiger partial charge in [0.1, 0.15) is 6.04 Å². The van der Waals surface area contributed by atoms with E-state index >= 15 is 0 Å². The molecular formula is C8H18N2O2. The summed E-state index contributed by atoms with van der Waals surface area (Å²) in [6.07, 6.45) is 0.427. The quantitative estimate of drug-likeness (QED) is 0.475. The fraction of sp³-hybridized carbons (Fsp3) is 1.00. The summed E-state index contributed by atoms with van der Waals surface area (Å²) in [5, 5.41) is 3.44.